The summed E-state index contributed by atoms with van der Waals surface area (Å²) in [7, 11) is 0. The third kappa shape index (κ3) is 9.35. The van der Waals surface area contributed by atoms with Gasteiger partial charge in [0.15, 0.2) is 0 Å². The van der Waals surface area contributed by atoms with Crippen LogP contribution < -0.4 is 21.5 Å². The zero-order valence-corrected chi connectivity index (χ0v) is 18.7. The lowest BCUT2D eigenvalue weighted by atomic mass is 10.3. The minimum absolute atomic E-state index is 0.0714. The molecule has 0 aliphatic rings. The van der Waals surface area contributed by atoms with E-state index in [2.05, 4.69) is 63.5 Å². The van der Waals surface area contributed by atoms with Crippen LogP contribution in [0.4, 0.5) is 11.4 Å². The molecule has 0 radical (unpaired) electrons. The third-order valence-electron chi connectivity index (χ3n) is 3.35. The fourth-order valence-electron chi connectivity index (χ4n) is 2.02. The molecule has 152 valence electrons. The molecule has 0 atom stereocenters. The van der Waals surface area contributed by atoms with Gasteiger partial charge < -0.3 is 10.6 Å². The molecule has 29 heavy (non-hydrogen) atoms. The molecule has 0 fully saturated rings. The molecule has 0 heterocycles. The number of carbonyl (C=O) groups excluding carboxylic acids is 2. The van der Waals surface area contributed by atoms with Crippen molar-refractivity contribution >= 4 is 67.0 Å². The van der Waals surface area contributed by atoms with E-state index in [-0.39, 0.29) is 24.9 Å². The van der Waals surface area contributed by atoms with E-state index < -0.39 is 0 Å². The molecule has 2 rings (SSSR count). The van der Waals surface area contributed by atoms with E-state index in [1.165, 1.54) is 6.21 Å². The Bertz CT molecular complexity index is 917. The fraction of sp³-hybridized carbons (Fsp3) is 0.158. The molecule has 0 aliphatic carbocycles. The van der Waals surface area contributed by atoms with Gasteiger partial charge in [0.05, 0.1) is 25.0 Å². The molecule has 8 nitrogen and oxygen atoms in total. The number of carbonyl (C=O) groups is 2. The predicted octanol–water partition coefficient (Wildman–Crippen LogP) is 3.33. The first-order chi connectivity index (χ1) is 13.9. The standard InChI is InChI=1S/C19H20Br2N6O2/c1-13(25-27-19(29)12-23-17-7-3-5-15(21)9-17)10-24-26-18(28)11-22-16-6-2-4-14(20)8-16/h2-10,22-23H,11-12H2,1H3,(H,26,28)(H,27,29). The number of hydrogen-bond acceptors (Lipinski definition) is 6. The van der Waals surface area contributed by atoms with E-state index in [0.717, 1.165) is 20.3 Å². The van der Waals surface area contributed by atoms with Crippen molar-refractivity contribution in [3.8, 4) is 0 Å². The average Bonchev–Trinajstić information content (AvgIpc) is 2.69. The van der Waals surface area contributed by atoms with Gasteiger partial charge in [-0.05, 0) is 43.3 Å². The van der Waals surface area contributed by atoms with E-state index >= 15 is 0 Å². The molecule has 0 bridgehead atoms. The number of anilines is 2. The smallest absolute Gasteiger partial charge is 0.259 e. The lowest BCUT2D eigenvalue weighted by molar-refractivity contribution is -0.120. The van der Waals surface area contributed by atoms with Crippen molar-refractivity contribution in [1.82, 2.24) is 10.9 Å². The van der Waals surface area contributed by atoms with Crippen LogP contribution in [0.2, 0.25) is 0 Å². The van der Waals surface area contributed by atoms with Crippen LogP contribution in [-0.4, -0.2) is 36.8 Å². The predicted molar refractivity (Wildman–Crippen MR) is 123 cm³/mol. The number of rotatable bonds is 9. The number of hydrogen-bond donors (Lipinski definition) is 4. The summed E-state index contributed by atoms with van der Waals surface area (Å²) in [5.74, 6) is -0.615. The summed E-state index contributed by atoms with van der Waals surface area (Å²) in [6.07, 6.45) is 1.35. The number of benzene rings is 2. The van der Waals surface area contributed by atoms with Crippen LogP contribution in [0.5, 0.6) is 0 Å². The Balaban J connectivity index is 1.67. The molecule has 10 heteroatoms. The van der Waals surface area contributed by atoms with E-state index in [1.54, 1.807) is 6.92 Å². The van der Waals surface area contributed by atoms with E-state index in [4.69, 9.17) is 0 Å². The fourth-order valence-corrected chi connectivity index (χ4v) is 2.82. The van der Waals surface area contributed by atoms with E-state index in [1.807, 2.05) is 48.5 Å². The quantitative estimate of drug-likeness (QED) is 0.298. The van der Waals surface area contributed by atoms with Crippen LogP contribution >= 0.6 is 31.9 Å². The second-order valence-electron chi connectivity index (χ2n) is 5.81. The minimum Gasteiger partial charge on any atom is -0.376 e. The Labute approximate surface area is 185 Å². The number of amides is 2. The average molecular weight is 524 g/mol. The summed E-state index contributed by atoms with van der Waals surface area (Å²) in [5.41, 5.74) is 6.86. The van der Waals surface area contributed by atoms with Gasteiger partial charge in [-0.3, -0.25) is 9.59 Å². The maximum absolute atomic E-state index is 11.8. The van der Waals surface area contributed by atoms with Crippen LogP contribution in [0.15, 0.2) is 67.7 Å². The van der Waals surface area contributed by atoms with Crippen molar-refractivity contribution in [1.29, 1.82) is 0 Å². The van der Waals surface area contributed by atoms with Gasteiger partial charge in [0.25, 0.3) is 11.8 Å². The molecule has 0 unspecified atom stereocenters. The first-order valence-corrected chi connectivity index (χ1v) is 10.1. The van der Waals surface area contributed by atoms with Crippen molar-refractivity contribution in [2.24, 2.45) is 10.2 Å². The van der Waals surface area contributed by atoms with Crippen LogP contribution in [-0.2, 0) is 9.59 Å². The number of halogens is 2. The largest absolute Gasteiger partial charge is 0.376 e. The molecule has 0 aromatic heterocycles. The zero-order valence-electron chi connectivity index (χ0n) is 15.6. The second kappa shape index (κ2) is 12.0. The van der Waals surface area contributed by atoms with Gasteiger partial charge >= 0.3 is 0 Å². The molecule has 2 aromatic carbocycles. The van der Waals surface area contributed by atoms with Gasteiger partial charge in [0.2, 0.25) is 0 Å². The highest BCUT2D eigenvalue weighted by Crippen LogP contribution is 2.15. The zero-order chi connectivity index (χ0) is 21.1. The molecule has 2 aromatic rings. The highest BCUT2D eigenvalue weighted by atomic mass is 79.9. The maximum atomic E-state index is 11.8. The lowest BCUT2D eigenvalue weighted by Gasteiger charge is -2.06. The molecular formula is C19H20Br2N6O2. The molecule has 0 spiro atoms. The third-order valence-corrected chi connectivity index (χ3v) is 4.34. The Hall–Kier alpha value is -2.72. The first kappa shape index (κ1) is 22.6. The van der Waals surface area contributed by atoms with Gasteiger partial charge in [-0.1, -0.05) is 44.0 Å². The van der Waals surface area contributed by atoms with Crippen LogP contribution in [0.25, 0.3) is 0 Å². The van der Waals surface area contributed by atoms with E-state index in [0.29, 0.717) is 5.71 Å². The van der Waals surface area contributed by atoms with Gasteiger partial charge in [-0.2, -0.15) is 10.2 Å². The Kier molecular flexibility index (Phi) is 9.32. The SMILES string of the molecule is CC(C=NNC(=O)CNc1cccc(Br)c1)=NNC(=O)CNc1cccc(Br)c1. The number of nitrogens with one attached hydrogen (secondary N) is 4. The van der Waals surface area contributed by atoms with Gasteiger partial charge in [0.1, 0.15) is 0 Å². The second-order valence-corrected chi connectivity index (χ2v) is 7.64. The molecule has 0 saturated heterocycles. The van der Waals surface area contributed by atoms with Crippen molar-refractivity contribution in [3.63, 3.8) is 0 Å². The van der Waals surface area contributed by atoms with Crippen molar-refractivity contribution in [3.05, 3.63) is 57.5 Å². The summed E-state index contributed by atoms with van der Waals surface area (Å²) in [5, 5.41) is 13.7. The normalized spacial score (nSPS) is 11.2. The molecule has 4 N–H and O–H groups in total. The molecule has 0 aliphatic heterocycles. The highest BCUT2D eigenvalue weighted by Gasteiger charge is 2.01. The highest BCUT2D eigenvalue weighted by molar-refractivity contribution is 9.10. The van der Waals surface area contributed by atoms with Crippen molar-refractivity contribution in [2.75, 3.05) is 23.7 Å². The Morgan fingerprint density at radius 3 is 1.93 bits per heavy atom. The first-order valence-electron chi connectivity index (χ1n) is 8.56. The van der Waals surface area contributed by atoms with Gasteiger partial charge in [0, 0.05) is 20.3 Å². The van der Waals surface area contributed by atoms with Crippen LogP contribution in [0, 0.1) is 0 Å². The summed E-state index contributed by atoms with van der Waals surface area (Å²) < 4.78 is 1.84. The number of nitrogens with zero attached hydrogens (tertiary/aromatic N) is 2. The van der Waals surface area contributed by atoms with Gasteiger partial charge in [-0.15, -0.1) is 0 Å². The minimum atomic E-state index is -0.309. The van der Waals surface area contributed by atoms with Crippen LogP contribution in [0.3, 0.4) is 0 Å². The van der Waals surface area contributed by atoms with E-state index in [9.17, 15) is 9.59 Å². The molecule has 2 amide bonds. The Morgan fingerprint density at radius 2 is 1.41 bits per heavy atom. The lowest BCUT2D eigenvalue weighted by Crippen LogP contribution is -2.27. The van der Waals surface area contributed by atoms with Crippen LogP contribution in [0.1, 0.15) is 6.92 Å². The summed E-state index contributed by atoms with van der Waals surface area (Å²) in [4.78, 5) is 23.6. The monoisotopic (exact) mass is 522 g/mol. The Morgan fingerprint density at radius 1 is 0.897 bits per heavy atom. The molecular weight excluding hydrogens is 504 g/mol. The van der Waals surface area contributed by atoms with Crippen molar-refractivity contribution < 1.29 is 9.59 Å². The summed E-state index contributed by atoms with van der Waals surface area (Å²) >= 11 is 6.73. The van der Waals surface area contributed by atoms with Gasteiger partial charge in [-0.25, -0.2) is 10.9 Å². The molecule has 0 saturated carbocycles. The summed E-state index contributed by atoms with van der Waals surface area (Å²) in [6, 6.07) is 15.0. The number of hydrazone groups is 2. The maximum Gasteiger partial charge on any atom is 0.259 e. The summed E-state index contributed by atoms with van der Waals surface area (Å²) in [6.45, 7) is 1.79. The topological polar surface area (TPSA) is 107 Å². The van der Waals surface area contributed by atoms with Crippen molar-refractivity contribution in [2.45, 2.75) is 6.92 Å².